The molecule has 0 saturated heterocycles. The minimum Gasteiger partial charge on any atom is -0.309 e. The third kappa shape index (κ3) is 6.91. The smallest absolute Gasteiger partial charge is 0.238 e. The minimum atomic E-state index is 0.532. The second-order valence-electron chi connectivity index (χ2n) is 19.4. The largest absolute Gasteiger partial charge is 0.309 e. The van der Waals surface area contributed by atoms with Gasteiger partial charge in [-0.2, -0.15) is 9.97 Å². The second-order valence-corrected chi connectivity index (χ2v) is 19.4. The van der Waals surface area contributed by atoms with Crippen molar-refractivity contribution in [3.05, 3.63) is 260 Å². The minimum absolute atomic E-state index is 0.532. The molecule has 0 atom stereocenters. The molecule has 6 nitrogen and oxygen atoms in total. The normalized spacial score (nSPS) is 12.7. The highest BCUT2D eigenvalue weighted by Gasteiger charge is 2.28. The van der Waals surface area contributed by atoms with E-state index in [4.69, 9.17) is 15.0 Å². The van der Waals surface area contributed by atoms with Crippen LogP contribution >= 0.6 is 0 Å². The summed E-state index contributed by atoms with van der Waals surface area (Å²) < 4.78 is 7.29. The molecule has 75 heavy (non-hydrogen) atoms. The van der Waals surface area contributed by atoms with Crippen molar-refractivity contribution < 1.29 is 0 Å². The molecule has 0 spiro atoms. The summed E-state index contributed by atoms with van der Waals surface area (Å²) in [6.45, 7) is 0. The first-order valence-corrected chi connectivity index (χ1v) is 25.8. The van der Waals surface area contributed by atoms with Crippen molar-refractivity contribution in [3.8, 4) is 62.4 Å². The molecule has 0 fully saturated rings. The summed E-state index contributed by atoms with van der Waals surface area (Å²) in [5.74, 6) is 1.72. The summed E-state index contributed by atoms with van der Waals surface area (Å²) in [5, 5.41) is 6.86. The number of fused-ring (bicyclic) bond motifs is 10. The molecule has 1 aliphatic carbocycles. The summed E-state index contributed by atoms with van der Waals surface area (Å²) in [7, 11) is 0. The van der Waals surface area contributed by atoms with Gasteiger partial charge in [0.2, 0.25) is 5.95 Å². The maximum absolute atomic E-state index is 5.63. The van der Waals surface area contributed by atoms with Crippen molar-refractivity contribution in [2.75, 3.05) is 0 Å². The van der Waals surface area contributed by atoms with E-state index < -0.39 is 0 Å². The van der Waals surface area contributed by atoms with Gasteiger partial charge in [0.15, 0.2) is 11.6 Å². The lowest BCUT2D eigenvalue weighted by molar-refractivity contribution is 0.953. The van der Waals surface area contributed by atoms with Gasteiger partial charge in [0.25, 0.3) is 0 Å². The van der Waals surface area contributed by atoms with Crippen molar-refractivity contribution in [1.29, 1.82) is 0 Å². The predicted molar refractivity (Wildman–Crippen MR) is 311 cm³/mol. The molecule has 0 radical (unpaired) electrons. The van der Waals surface area contributed by atoms with Gasteiger partial charge in [0, 0.05) is 49.0 Å². The average molecular weight is 959 g/mol. The molecule has 14 aromatic rings. The van der Waals surface area contributed by atoms with Crippen LogP contribution in [0.5, 0.6) is 0 Å². The van der Waals surface area contributed by atoms with Crippen LogP contribution < -0.4 is 0 Å². The van der Waals surface area contributed by atoms with Gasteiger partial charge < -0.3 is 9.13 Å². The molecule has 0 saturated carbocycles. The summed E-state index contributed by atoms with van der Waals surface area (Å²) in [6, 6.07) is 85.0. The summed E-state index contributed by atoms with van der Waals surface area (Å²) in [4.78, 5) is 16.6. The van der Waals surface area contributed by atoms with E-state index in [2.05, 4.69) is 269 Å². The predicted octanol–water partition coefficient (Wildman–Crippen LogP) is 17.6. The van der Waals surface area contributed by atoms with Crippen LogP contribution in [0.2, 0.25) is 0 Å². The molecule has 0 N–H and O–H groups in total. The van der Waals surface area contributed by atoms with E-state index in [0.717, 1.165) is 118 Å². The maximum atomic E-state index is 5.63. The second kappa shape index (κ2) is 17.4. The third-order valence-electron chi connectivity index (χ3n) is 15.1. The van der Waals surface area contributed by atoms with E-state index in [9.17, 15) is 0 Å². The van der Waals surface area contributed by atoms with Crippen molar-refractivity contribution in [2.24, 2.45) is 0 Å². The molecule has 6 heteroatoms. The third-order valence-corrected chi connectivity index (χ3v) is 15.1. The first-order chi connectivity index (χ1) is 37.2. The molecular formula is C69H46N6. The fourth-order valence-corrected chi connectivity index (χ4v) is 11.8. The van der Waals surface area contributed by atoms with Crippen molar-refractivity contribution in [2.45, 2.75) is 12.8 Å². The summed E-state index contributed by atoms with van der Waals surface area (Å²) >= 11 is 0. The Kier molecular flexibility index (Phi) is 9.91. The number of benzene rings is 10. The van der Waals surface area contributed by atoms with Gasteiger partial charge in [-0.3, -0.25) is 4.57 Å². The highest BCUT2D eigenvalue weighted by molar-refractivity contribution is 6.27. The van der Waals surface area contributed by atoms with E-state index in [0.29, 0.717) is 17.6 Å². The molecule has 15 rings (SSSR count). The quantitative estimate of drug-likeness (QED) is 0.152. The number of para-hydroxylation sites is 5. The first kappa shape index (κ1) is 42.7. The zero-order valence-corrected chi connectivity index (χ0v) is 40.8. The Bertz CT molecular complexity index is 4580. The molecule has 0 aliphatic heterocycles. The molecule has 4 aromatic heterocycles. The molecule has 0 amide bonds. The van der Waals surface area contributed by atoms with Gasteiger partial charge in [-0.1, -0.05) is 212 Å². The zero-order chi connectivity index (χ0) is 49.4. The van der Waals surface area contributed by atoms with Crippen molar-refractivity contribution >= 4 is 71.0 Å². The fraction of sp³-hybridized carbons (Fsp3) is 0.0290. The monoisotopic (exact) mass is 958 g/mol. The van der Waals surface area contributed by atoms with E-state index in [1.807, 2.05) is 0 Å². The Morgan fingerprint density at radius 1 is 0.320 bits per heavy atom. The molecule has 10 aromatic carbocycles. The SMILES string of the molecule is C1=CC(c2cccc(-c3nc(-c4ccc(-c5ccccc5)cc4)nc(-n4c5ccccc5c5c(-n6c7ccccc7c7ccccc76)cc6c7ccccc7n(-c7ccccc7-c7ccccc7)c6c54)n3)c2)=CCC1. The fourth-order valence-electron chi connectivity index (χ4n) is 11.8. The molecule has 0 bridgehead atoms. The highest BCUT2D eigenvalue weighted by atomic mass is 15.2. The van der Waals surface area contributed by atoms with E-state index >= 15 is 0 Å². The van der Waals surface area contributed by atoms with Gasteiger partial charge in [0.05, 0.1) is 44.5 Å². The van der Waals surface area contributed by atoms with Gasteiger partial charge in [-0.25, -0.2) is 4.98 Å². The standard InChI is InChI=1S/C69H46N6/c1-4-21-45(22-5-1)47-39-41-49(42-40-47)67-70-68(51-28-20-27-50(43-51)46-23-6-2-7-24-46)72-69(71-67)75-62-38-19-14-33-56(62)64-63(73-59-35-16-11-30-53(59)54-31-12-17-36-60(54)73)44-57-55-32-13-18-37-61(55)74(65(57)66(64)75)58-34-15-10-29-52(58)48-25-8-3-9-26-48/h1,3-6,8-44H,2,7H2. The maximum Gasteiger partial charge on any atom is 0.238 e. The van der Waals surface area contributed by atoms with E-state index in [1.165, 1.54) is 16.3 Å². The Morgan fingerprint density at radius 3 is 1.52 bits per heavy atom. The zero-order valence-electron chi connectivity index (χ0n) is 40.8. The van der Waals surface area contributed by atoms with E-state index in [1.54, 1.807) is 0 Å². The molecule has 4 heterocycles. The van der Waals surface area contributed by atoms with Crippen molar-refractivity contribution in [3.63, 3.8) is 0 Å². The lowest BCUT2D eigenvalue weighted by Gasteiger charge is -2.17. The van der Waals surface area contributed by atoms with Gasteiger partial charge in [-0.05, 0) is 83.1 Å². The lowest BCUT2D eigenvalue weighted by Crippen LogP contribution is -2.08. The van der Waals surface area contributed by atoms with Crippen LogP contribution in [0, 0.1) is 0 Å². The van der Waals surface area contributed by atoms with Crippen LogP contribution in [0.4, 0.5) is 0 Å². The molecule has 1 aliphatic rings. The number of hydrogen-bond acceptors (Lipinski definition) is 3. The van der Waals surface area contributed by atoms with Crippen LogP contribution in [-0.2, 0) is 0 Å². The van der Waals surface area contributed by atoms with Gasteiger partial charge in [-0.15, -0.1) is 0 Å². The van der Waals surface area contributed by atoms with Crippen molar-refractivity contribution in [1.82, 2.24) is 28.7 Å². The molecular weight excluding hydrogens is 913 g/mol. The van der Waals surface area contributed by atoms with Crippen LogP contribution in [0.3, 0.4) is 0 Å². The van der Waals surface area contributed by atoms with Crippen LogP contribution in [0.15, 0.2) is 255 Å². The Labute approximate surface area is 433 Å². The average Bonchev–Trinajstić information content (AvgIpc) is 4.21. The van der Waals surface area contributed by atoms with E-state index in [-0.39, 0.29) is 0 Å². The number of nitrogens with zero attached hydrogens (tertiary/aromatic N) is 6. The Hall–Kier alpha value is -9.91. The Balaban J connectivity index is 1.11. The molecule has 352 valence electrons. The lowest BCUT2D eigenvalue weighted by atomic mass is 9.98. The summed E-state index contributed by atoms with van der Waals surface area (Å²) in [6.07, 6.45) is 8.88. The van der Waals surface area contributed by atoms with Gasteiger partial charge >= 0.3 is 0 Å². The first-order valence-electron chi connectivity index (χ1n) is 25.8. The van der Waals surface area contributed by atoms with Gasteiger partial charge in [0.1, 0.15) is 0 Å². The highest BCUT2D eigenvalue weighted by Crippen LogP contribution is 2.47. The van der Waals surface area contributed by atoms with Crippen LogP contribution in [0.25, 0.3) is 133 Å². The Morgan fingerprint density at radius 2 is 0.840 bits per heavy atom. The number of allylic oxidation sites excluding steroid dienone is 4. The number of hydrogen-bond donors (Lipinski definition) is 0. The summed E-state index contributed by atoms with van der Waals surface area (Å²) in [5.41, 5.74) is 17.3. The molecule has 0 unspecified atom stereocenters. The number of rotatable bonds is 8. The van der Waals surface area contributed by atoms with Crippen LogP contribution in [-0.4, -0.2) is 28.7 Å². The number of aromatic nitrogens is 6. The topological polar surface area (TPSA) is 53.5 Å². The van der Waals surface area contributed by atoms with Crippen LogP contribution in [0.1, 0.15) is 18.4 Å².